The van der Waals surface area contributed by atoms with Gasteiger partial charge in [0.2, 0.25) is 15.9 Å². The Balaban J connectivity index is 1.72. The lowest BCUT2D eigenvalue weighted by Crippen LogP contribution is -2.30. The monoisotopic (exact) mass is 478 g/mol. The van der Waals surface area contributed by atoms with Crippen LogP contribution in [0, 0.1) is 0 Å². The number of benzene rings is 2. The third-order valence-electron chi connectivity index (χ3n) is 4.20. The van der Waals surface area contributed by atoms with Gasteiger partial charge < -0.3 is 4.42 Å². The largest absolute Gasteiger partial charge is 0.403 e. The molecule has 0 saturated heterocycles. The van der Waals surface area contributed by atoms with Gasteiger partial charge in [0.15, 0.2) is 0 Å². The van der Waals surface area contributed by atoms with E-state index in [0.717, 1.165) is 4.47 Å². The number of hydrogen-bond donors (Lipinski definition) is 1. The van der Waals surface area contributed by atoms with E-state index in [0.29, 0.717) is 18.7 Å². The molecule has 2 aromatic carbocycles. The summed E-state index contributed by atoms with van der Waals surface area (Å²) in [7, 11) is -3.58. The lowest BCUT2D eigenvalue weighted by Gasteiger charge is -2.18. The summed E-state index contributed by atoms with van der Waals surface area (Å²) in [5.41, 5.74) is 0.985. The minimum absolute atomic E-state index is 0.0484. The van der Waals surface area contributed by atoms with E-state index < -0.39 is 15.9 Å². The Kier molecular flexibility index (Phi) is 6.46. The van der Waals surface area contributed by atoms with Gasteiger partial charge in [0.1, 0.15) is 0 Å². The lowest BCUT2D eigenvalue weighted by molar-refractivity contribution is 0.102. The summed E-state index contributed by atoms with van der Waals surface area (Å²) in [5.74, 6) is -0.212. The Morgan fingerprint density at radius 1 is 1.03 bits per heavy atom. The molecule has 0 fully saturated rings. The van der Waals surface area contributed by atoms with Gasteiger partial charge in [0.25, 0.3) is 5.91 Å². The number of carbonyl (C=O) groups is 1. The van der Waals surface area contributed by atoms with E-state index >= 15 is 0 Å². The number of rotatable bonds is 7. The maximum atomic E-state index is 12.5. The zero-order chi connectivity index (χ0) is 21.0. The fraction of sp³-hybridized carbons (Fsp3) is 0.211. The average molecular weight is 479 g/mol. The Bertz CT molecular complexity index is 1090. The first-order valence-corrected chi connectivity index (χ1v) is 11.1. The zero-order valence-corrected chi connectivity index (χ0v) is 18.2. The molecule has 0 aliphatic heterocycles. The van der Waals surface area contributed by atoms with Crippen molar-refractivity contribution in [2.75, 3.05) is 18.4 Å². The van der Waals surface area contributed by atoms with Crippen LogP contribution < -0.4 is 5.32 Å². The summed E-state index contributed by atoms with van der Waals surface area (Å²) in [6.07, 6.45) is 0. The van der Waals surface area contributed by atoms with Crippen LogP contribution in [-0.4, -0.2) is 41.9 Å². The zero-order valence-electron chi connectivity index (χ0n) is 15.8. The van der Waals surface area contributed by atoms with Gasteiger partial charge in [0, 0.05) is 28.7 Å². The highest BCUT2D eigenvalue weighted by molar-refractivity contribution is 9.10. The van der Waals surface area contributed by atoms with Crippen LogP contribution in [0.4, 0.5) is 6.01 Å². The van der Waals surface area contributed by atoms with Crippen molar-refractivity contribution in [1.82, 2.24) is 14.5 Å². The van der Waals surface area contributed by atoms with E-state index in [1.807, 2.05) is 12.1 Å². The summed E-state index contributed by atoms with van der Waals surface area (Å²) in [6.45, 7) is 4.30. The molecule has 3 aromatic rings. The van der Waals surface area contributed by atoms with E-state index in [4.69, 9.17) is 4.42 Å². The molecule has 0 bridgehead atoms. The topological polar surface area (TPSA) is 105 Å². The Hall–Kier alpha value is -2.56. The van der Waals surface area contributed by atoms with Crippen molar-refractivity contribution in [2.24, 2.45) is 0 Å². The number of anilines is 1. The molecule has 0 aliphatic rings. The first-order chi connectivity index (χ1) is 13.8. The smallest absolute Gasteiger partial charge is 0.322 e. The van der Waals surface area contributed by atoms with Crippen molar-refractivity contribution in [3.05, 3.63) is 58.6 Å². The van der Waals surface area contributed by atoms with E-state index in [1.54, 1.807) is 26.0 Å². The fourth-order valence-electron chi connectivity index (χ4n) is 2.64. The molecule has 0 radical (unpaired) electrons. The Labute approximate surface area is 177 Å². The van der Waals surface area contributed by atoms with Crippen LogP contribution in [0.15, 0.2) is 62.3 Å². The minimum atomic E-state index is -3.58. The third kappa shape index (κ3) is 4.72. The van der Waals surface area contributed by atoms with Crippen molar-refractivity contribution in [3.8, 4) is 11.5 Å². The SMILES string of the molecule is CCN(CC)S(=O)(=O)c1ccc(C(=O)Nc2nnc(-c3ccc(Br)cc3)o2)cc1. The van der Waals surface area contributed by atoms with Gasteiger partial charge in [-0.3, -0.25) is 10.1 Å². The van der Waals surface area contributed by atoms with Crippen LogP contribution in [0.1, 0.15) is 24.2 Å². The summed E-state index contributed by atoms with van der Waals surface area (Å²) in [4.78, 5) is 12.5. The molecule has 10 heteroatoms. The quantitative estimate of drug-likeness (QED) is 0.553. The first-order valence-electron chi connectivity index (χ1n) is 8.86. The molecular weight excluding hydrogens is 460 g/mol. The molecule has 3 rings (SSSR count). The molecule has 1 N–H and O–H groups in total. The van der Waals surface area contributed by atoms with Gasteiger partial charge in [-0.2, -0.15) is 4.31 Å². The van der Waals surface area contributed by atoms with Crippen LogP contribution in [0.2, 0.25) is 0 Å². The summed E-state index contributed by atoms with van der Waals surface area (Å²) >= 11 is 3.35. The second-order valence-corrected chi connectivity index (χ2v) is 8.84. The van der Waals surface area contributed by atoms with Gasteiger partial charge in [-0.25, -0.2) is 8.42 Å². The number of nitrogens with zero attached hydrogens (tertiary/aromatic N) is 3. The maximum Gasteiger partial charge on any atom is 0.322 e. The van der Waals surface area contributed by atoms with Gasteiger partial charge >= 0.3 is 6.01 Å². The van der Waals surface area contributed by atoms with Crippen LogP contribution in [0.5, 0.6) is 0 Å². The highest BCUT2D eigenvalue weighted by atomic mass is 79.9. The molecule has 1 amide bonds. The van der Waals surface area contributed by atoms with Crippen LogP contribution in [0.3, 0.4) is 0 Å². The molecule has 152 valence electrons. The van der Waals surface area contributed by atoms with E-state index in [-0.39, 0.29) is 22.4 Å². The number of sulfonamides is 1. The Morgan fingerprint density at radius 3 is 2.24 bits per heavy atom. The van der Waals surface area contributed by atoms with Crippen LogP contribution >= 0.6 is 15.9 Å². The van der Waals surface area contributed by atoms with Crippen molar-refractivity contribution >= 4 is 37.9 Å². The maximum absolute atomic E-state index is 12.5. The van der Waals surface area contributed by atoms with Gasteiger partial charge in [-0.1, -0.05) is 34.9 Å². The van der Waals surface area contributed by atoms with Crippen molar-refractivity contribution in [3.63, 3.8) is 0 Å². The molecule has 0 saturated carbocycles. The molecular formula is C19H19BrN4O4S. The second kappa shape index (κ2) is 8.85. The number of aromatic nitrogens is 2. The molecule has 0 spiro atoms. The molecule has 8 nitrogen and oxygen atoms in total. The summed E-state index contributed by atoms with van der Waals surface area (Å²) in [6, 6.07) is 12.9. The second-order valence-electron chi connectivity index (χ2n) is 5.99. The lowest BCUT2D eigenvalue weighted by atomic mass is 10.2. The van der Waals surface area contributed by atoms with Gasteiger partial charge in [-0.15, -0.1) is 5.10 Å². The highest BCUT2D eigenvalue weighted by Crippen LogP contribution is 2.22. The minimum Gasteiger partial charge on any atom is -0.403 e. The highest BCUT2D eigenvalue weighted by Gasteiger charge is 2.22. The van der Waals surface area contributed by atoms with E-state index in [1.165, 1.54) is 28.6 Å². The van der Waals surface area contributed by atoms with E-state index in [9.17, 15) is 13.2 Å². The number of hydrogen-bond acceptors (Lipinski definition) is 6. The fourth-order valence-corrected chi connectivity index (χ4v) is 4.37. The number of carbonyl (C=O) groups excluding carboxylic acids is 1. The summed E-state index contributed by atoms with van der Waals surface area (Å²) < 4.78 is 32.8. The average Bonchev–Trinajstić information content (AvgIpc) is 3.17. The predicted octanol–water partition coefficient (Wildman–Crippen LogP) is 3.78. The van der Waals surface area contributed by atoms with Crippen molar-refractivity contribution in [2.45, 2.75) is 18.7 Å². The molecule has 1 heterocycles. The van der Waals surface area contributed by atoms with Crippen molar-refractivity contribution < 1.29 is 17.6 Å². The third-order valence-corrected chi connectivity index (χ3v) is 6.79. The van der Waals surface area contributed by atoms with Crippen molar-refractivity contribution in [1.29, 1.82) is 0 Å². The molecule has 0 aliphatic carbocycles. The predicted molar refractivity (Wildman–Crippen MR) is 112 cm³/mol. The van der Waals surface area contributed by atoms with Gasteiger partial charge in [0.05, 0.1) is 4.90 Å². The summed E-state index contributed by atoms with van der Waals surface area (Å²) in [5, 5.41) is 10.3. The van der Waals surface area contributed by atoms with Gasteiger partial charge in [-0.05, 0) is 48.5 Å². The first kappa shape index (κ1) is 21.2. The normalized spacial score (nSPS) is 11.6. The molecule has 0 unspecified atom stereocenters. The number of halogens is 1. The molecule has 0 atom stereocenters. The standard InChI is InChI=1S/C19H19BrN4O4S/c1-3-24(4-2)29(26,27)16-11-7-13(8-12-16)17(25)21-19-23-22-18(28-19)14-5-9-15(20)10-6-14/h5-12H,3-4H2,1-2H3,(H,21,23,25). The Morgan fingerprint density at radius 2 is 1.66 bits per heavy atom. The van der Waals surface area contributed by atoms with Crippen LogP contribution in [-0.2, 0) is 10.0 Å². The number of nitrogens with one attached hydrogen (secondary N) is 1. The van der Waals surface area contributed by atoms with Crippen LogP contribution in [0.25, 0.3) is 11.5 Å². The van der Waals surface area contributed by atoms with E-state index in [2.05, 4.69) is 31.4 Å². The molecule has 29 heavy (non-hydrogen) atoms. The number of amides is 1. The molecule has 1 aromatic heterocycles.